The van der Waals surface area contributed by atoms with Gasteiger partial charge in [-0.15, -0.1) is 0 Å². The van der Waals surface area contributed by atoms with Crippen molar-refractivity contribution in [1.29, 1.82) is 5.26 Å². The van der Waals surface area contributed by atoms with Crippen molar-refractivity contribution in [3.8, 4) is 34.4 Å². The molecule has 39 heavy (non-hydrogen) atoms. The summed E-state index contributed by atoms with van der Waals surface area (Å²) >= 11 is 0. The molecule has 2 aromatic heterocycles. The largest absolute Gasteiger partial charge is 0.457 e. The van der Waals surface area contributed by atoms with E-state index in [1.807, 2.05) is 89.6 Å². The van der Waals surface area contributed by atoms with Crippen LogP contribution in [0.2, 0.25) is 0 Å². The van der Waals surface area contributed by atoms with Crippen LogP contribution in [0.1, 0.15) is 5.56 Å². The molecule has 4 N–H and O–H groups in total. The minimum atomic E-state index is -0.550. The number of carbonyl (C=O) groups is 1. The zero-order chi connectivity index (χ0) is 27.2. The predicted molar refractivity (Wildman–Crippen MR) is 149 cm³/mol. The van der Waals surface area contributed by atoms with Gasteiger partial charge < -0.3 is 25.5 Å². The molecule has 0 fully saturated rings. The van der Waals surface area contributed by atoms with E-state index < -0.39 is 5.91 Å². The third-order valence-electron chi connectivity index (χ3n) is 5.98. The van der Waals surface area contributed by atoms with Gasteiger partial charge in [-0.3, -0.25) is 4.79 Å². The molecule has 5 aromatic rings. The number of benzene rings is 3. The predicted octanol–water partition coefficient (Wildman–Crippen LogP) is 4.48. The number of nitrogens with zero attached hydrogens (tertiary/aromatic N) is 4. The summed E-state index contributed by atoms with van der Waals surface area (Å²) in [6, 6.07) is 26.5. The number of anilines is 1. The molecule has 0 spiro atoms. The molecule has 0 unspecified atom stereocenters. The molecule has 5 rings (SSSR count). The fourth-order valence-corrected chi connectivity index (χ4v) is 4.17. The number of aromatic nitrogens is 3. The van der Waals surface area contributed by atoms with Crippen LogP contribution in [0.15, 0.2) is 97.0 Å². The molecule has 0 aliphatic rings. The Kier molecular flexibility index (Phi) is 7.30. The van der Waals surface area contributed by atoms with Crippen molar-refractivity contribution < 1.29 is 14.6 Å². The van der Waals surface area contributed by atoms with Crippen LogP contribution >= 0.6 is 0 Å². The molecular formula is C30H24N6O3. The standard InChI is InChI=1S/C30H24N6O3/c31-17-22(30(38)33-13-14-37)15-20-5-4-6-23(16-20)36-18-26(27-28(32)34-19-35-29(27)36)21-9-11-25(12-10-21)39-24-7-2-1-3-8-24/h1-12,15-16,18-19,37H,13-14H2,(H,33,38)(H2,32,34,35). The first-order valence-electron chi connectivity index (χ1n) is 12.1. The van der Waals surface area contributed by atoms with E-state index in [9.17, 15) is 10.1 Å². The average molecular weight is 517 g/mol. The smallest absolute Gasteiger partial charge is 0.262 e. The summed E-state index contributed by atoms with van der Waals surface area (Å²) in [6.07, 6.45) is 4.85. The highest BCUT2D eigenvalue weighted by atomic mass is 16.5. The van der Waals surface area contributed by atoms with Gasteiger partial charge in [0, 0.05) is 24.0 Å². The van der Waals surface area contributed by atoms with E-state index >= 15 is 0 Å². The Morgan fingerprint density at radius 3 is 2.56 bits per heavy atom. The Labute approximate surface area is 224 Å². The minimum absolute atomic E-state index is 0.0660. The molecule has 9 nitrogen and oxygen atoms in total. The minimum Gasteiger partial charge on any atom is -0.457 e. The average Bonchev–Trinajstić information content (AvgIpc) is 3.37. The maximum Gasteiger partial charge on any atom is 0.262 e. The fraction of sp³-hybridized carbons (Fsp3) is 0.0667. The molecule has 0 saturated heterocycles. The van der Waals surface area contributed by atoms with Crippen LogP contribution < -0.4 is 15.8 Å². The van der Waals surface area contributed by atoms with E-state index in [1.165, 1.54) is 12.4 Å². The van der Waals surface area contributed by atoms with Gasteiger partial charge in [-0.2, -0.15) is 5.26 Å². The number of nitrogens with one attached hydrogen (secondary N) is 1. The van der Waals surface area contributed by atoms with Crippen molar-refractivity contribution >= 4 is 28.8 Å². The number of nitrogen functional groups attached to an aromatic ring is 1. The lowest BCUT2D eigenvalue weighted by Crippen LogP contribution is -2.27. The molecular weight excluding hydrogens is 492 g/mol. The second-order valence-electron chi connectivity index (χ2n) is 8.55. The molecule has 2 heterocycles. The lowest BCUT2D eigenvalue weighted by molar-refractivity contribution is -0.117. The summed E-state index contributed by atoms with van der Waals surface area (Å²) in [7, 11) is 0. The number of aliphatic hydroxyl groups is 1. The monoisotopic (exact) mass is 516 g/mol. The van der Waals surface area contributed by atoms with Gasteiger partial charge in [0.15, 0.2) is 5.65 Å². The number of amides is 1. The Hall–Kier alpha value is -5.46. The molecule has 9 heteroatoms. The van der Waals surface area contributed by atoms with Crippen molar-refractivity contribution in [3.05, 3.63) is 103 Å². The number of hydrogen-bond acceptors (Lipinski definition) is 7. The highest BCUT2D eigenvalue weighted by molar-refractivity contribution is 6.02. The maximum absolute atomic E-state index is 12.2. The first-order chi connectivity index (χ1) is 19.1. The van der Waals surface area contributed by atoms with Crippen molar-refractivity contribution in [2.45, 2.75) is 0 Å². The first-order valence-corrected chi connectivity index (χ1v) is 12.1. The lowest BCUT2D eigenvalue weighted by Gasteiger charge is -2.07. The number of nitriles is 1. The molecule has 0 atom stereocenters. The van der Waals surface area contributed by atoms with E-state index in [4.69, 9.17) is 15.6 Å². The Morgan fingerprint density at radius 2 is 1.82 bits per heavy atom. The van der Waals surface area contributed by atoms with Crippen LogP contribution in [0.3, 0.4) is 0 Å². The normalized spacial score (nSPS) is 11.2. The van der Waals surface area contributed by atoms with Gasteiger partial charge in [0.05, 0.1) is 12.0 Å². The van der Waals surface area contributed by atoms with Crippen LogP contribution in [0.4, 0.5) is 5.82 Å². The lowest BCUT2D eigenvalue weighted by atomic mass is 10.1. The van der Waals surface area contributed by atoms with Gasteiger partial charge in [-0.05, 0) is 53.6 Å². The molecule has 1 amide bonds. The fourth-order valence-electron chi connectivity index (χ4n) is 4.17. The van der Waals surface area contributed by atoms with Crippen molar-refractivity contribution in [2.75, 3.05) is 18.9 Å². The van der Waals surface area contributed by atoms with Crippen molar-refractivity contribution in [3.63, 3.8) is 0 Å². The third-order valence-corrected chi connectivity index (χ3v) is 5.98. The summed E-state index contributed by atoms with van der Waals surface area (Å²) in [5.41, 5.74) is 10.0. The second kappa shape index (κ2) is 11.3. The van der Waals surface area contributed by atoms with E-state index in [0.717, 1.165) is 22.6 Å². The van der Waals surface area contributed by atoms with Crippen LogP contribution in [0, 0.1) is 11.3 Å². The zero-order valence-electron chi connectivity index (χ0n) is 20.8. The Bertz CT molecular complexity index is 1700. The molecule has 0 radical (unpaired) electrons. The van der Waals surface area contributed by atoms with Crippen LogP contribution in [0.5, 0.6) is 11.5 Å². The van der Waals surface area contributed by atoms with E-state index in [0.29, 0.717) is 28.2 Å². The number of aliphatic hydroxyl groups excluding tert-OH is 1. The molecule has 3 aromatic carbocycles. The van der Waals surface area contributed by atoms with Gasteiger partial charge in [-0.1, -0.05) is 42.5 Å². The van der Waals surface area contributed by atoms with Gasteiger partial charge in [0.25, 0.3) is 5.91 Å². The molecule has 0 aliphatic heterocycles. The summed E-state index contributed by atoms with van der Waals surface area (Å²) in [5.74, 6) is 1.25. The Morgan fingerprint density at radius 1 is 1.05 bits per heavy atom. The second-order valence-corrected chi connectivity index (χ2v) is 8.55. The number of fused-ring (bicyclic) bond motifs is 1. The highest BCUT2D eigenvalue weighted by Crippen LogP contribution is 2.35. The van der Waals surface area contributed by atoms with Gasteiger partial charge in [0.2, 0.25) is 0 Å². The SMILES string of the molecule is N#CC(=Cc1cccc(-n2cc(-c3ccc(Oc4ccccc4)cc3)c3c(N)ncnc32)c1)C(=O)NCCO. The summed E-state index contributed by atoms with van der Waals surface area (Å²) in [5, 5.41) is 21.6. The first kappa shape index (κ1) is 25.2. The molecule has 0 aliphatic carbocycles. The Balaban J connectivity index is 1.52. The highest BCUT2D eigenvalue weighted by Gasteiger charge is 2.17. The number of ether oxygens (including phenoxy) is 1. The van der Waals surface area contributed by atoms with Crippen LogP contribution in [0.25, 0.3) is 33.9 Å². The molecule has 192 valence electrons. The summed E-state index contributed by atoms with van der Waals surface area (Å²) in [4.78, 5) is 20.9. The number of para-hydroxylation sites is 1. The zero-order valence-corrected chi connectivity index (χ0v) is 20.8. The third kappa shape index (κ3) is 5.46. The van der Waals surface area contributed by atoms with E-state index in [-0.39, 0.29) is 18.7 Å². The number of carbonyl (C=O) groups excluding carboxylic acids is 1. The van der Waals surface area contributed by atoms with Gasteiger partial charge in [0.1, 0.15) is 35.3 Å². The number of rotatable bonds is 8. The van der Waals surface area contributed by atoms with Gasteiger partial charge in [-0.25, -0.2) is 9.97 Å². The quantitative estimate of drug-likeness (QED) is 0.204. The van der Waals surface area contributed by atoms with Crippen LogP contribution in [-0.4, -0.2) is 38.7 Å². The van der Waals surface area contributed by atoms with E-state index in [2.05, 4.69) is 15.3 Å². The van der Waals surface area contributed by atoms with Crippen molar-refractivity contribution in [2.24, 2.45) is 0 Å². The summed E-state index contributed by atoms with van der Waals surface area (Å²) in [6.45, 7) is -0.146. The van der Waals surface area contributed by atoms with Gasteiger partial charge >= 0.3 is 0 Å². The number of nitrogens with two attached hydrogens (primary N) is 1. The molecule has 0 saturated carbocycles. The molecule has 0 bridgehead atoms. The van der Waals surface area contributed by atoms with E-state index in [1.54, 1.807) is 6.07 Å². The number of hydrogen-bond donors (Lipinski definition) is 3. The summed E-state index contributed by atoms with van der Waals surface area (Å²) < 4.78 is 7.82. The topological polar surface area (TPSA) is 139 Å². The maximum atomic E-state index is 12.2. The van der Waals surface area contributed by atoms with Crippen LogP contribution in [-0.2, 0) is 4.79 Å². The van der Waals surface area contributed by atoms with Crippen molar-refractivity contribution in [1.82, 2.24) is 19.9 Å².